The van der Waals surface area contributed by atoms with Gasteiger partial charge in [0.15, 0.2) is 5.78 Å². The number of H-pyrrole nitrogens is 1. The molecule has 1 heterocycles. The monoisotopic (exact) mass is 279 g/mol. The van der Waals surface area contributed by atoms with Crippen molar-refractivity contribution in [1.29, 1.82) is 0 Å². The average Bonchev–Trinajstić information content (AvgIpc) is 2.87. The number of hydrogen-bond acceptors (Lipinski definition) is 2. The number of Topliss-reactive ketones (excluding diaryl/α,β-unsaturated/α-hetero) is 1. The van der Waals surface area contributed by atoms with E-state index in [0.29, 0.717) is 12.3 Å². The SMILES string of the molecule is CCOc1ccc2[nH]c(C(C)=O)c(-c3ccccc3)c2c1. The quantitative estimate of drug-likeness (QED) is 0.717. The van der Waals surface area contributed by atoms with Gasteiger partial charge in [-0.2, -0.15) is 0 Å². The van der Waals surface area contributed by atoms with Crippen LogP contribution in [0.15, 0.2) is 48.5 Å². The Bertz CT molecular complexity index is 788. The minimum Gasteiger partial charge on any atom is -0.494 e. The highest BCUT2D eigenvalue weighted by molar-refractivity contribution is 6.09. The number of aromatic amines is 1. The van der Waals surface area contributed by atoms with E-state index in [9.17, 15) is 4.79 Å². The van der Waals surface area contributed by atoms with E-state index < -0.39 is 0 Å². The second-order valence-corrected chi connectivity index (χ2v) is 4.94. The van der Waals surface area contributed by atoms with Gasteiger partial charge in [0, 0.05) is 23.4 Å². The molecule has 3 nitrogen and oxygen atoms in total. The normalized spacial score (nSPS) is 10.8. The number of carbonyl (C=O) groups is 1. The van der Waals surface area contributed by atoms with Crippen molar-refractivity contribution in [2.75, 3.05) is 6.61 Å². The predicted molar refractivity (Wildman–Crippen MR) is 84.9 cm³/mol. The van der Waals surface area contributed by atoms with Crippen LogP contribution in [0.25, 0.3) is 22.0 Å². The molecule has 1 N–H and O–H groups in total. The lowest BCUT2D eigenvalue weighted by Crippen LogP contribution is -1.94. The summed E-state index contributed by atoms with van der Waals surface area (Å²) < 4.78 is 5.58. The number of ketones is 1. The van der Waals surface area contributed by atoms with E-state index in [4.69, 9.17) is 4.74 Å². The van der Waals surface area contributed by atoms with Crippen LogP contribution in [0.1, 0.15) is 24.3 Å². The predicted octanol–water partition coefficient (Wildman–Crippen LogP) is 4.44. The number of carbonyl (C=O) groups excluding carboxylic acids is 1. The molecule has 0 bridgehead atoms. The summed E-state index contributed by atoms with van der Waals surface area (Å²) in [6.45, 7) is 4.16. The first kappa shape index (κ1) is 13.4. The summed E-state index contributed by atoms with van der Waals surface area (Å²) in [7, 11) is 0. The fraction of sp³-hybridized carbons (Fsp3) is 0.167. The molecule has 3 aromatic rings. The second kappa shape index (κ2) is 5.44. The van der Waals surface area contributed by atoms with Gasteiger partial charge in [-0.15, -0.1) is 0 Å². The van der Waals surface area contributed by atoms with Crippen molar-refractivity contribution in [1.82, 2.24) is 4.98 Å². The number of nitrogens with one attached hydrogen (secondary N) is 1. The maximum absolute atomic E-state index is 12.0. The van der Waals surface area contributed by atoms with Crippen LogP contribution in [-0.4, -0.2) is 17.4 Å². The van der Waals surface area contributed by atoms with E-state index in [0.717, 1.165) is 27.8 Å². The maximum atomic E-state index is 12.0. The van der Waals surface area contributed by atoms with E-state index in [-0.39, 0.29) is 5.78 Å². The zero-order valence-corrected chi connectivity index (χ0v) is 12.1. The second-order valence-electron chi connectivity index (χ2n) is 4.94. The van der Waals surface area contributed by atoms with Crippen molar-refractivity contribution in [3.63, 3.8) is 0 Å². The Morgan fingerprint density at radius 3 is 2.57 bits per heavy atom. The van der Waals surface area contributed by atoms with Crippen molar-refractivity contribution >= 4 is 16.7 Å². The number of rotatable bonds is 4. The molecular formula is C18H17NO2. The van der Waals surface area contributed by atoms with Crippen molar-refractivity contribution < 1.29 is 9.53 Å². The number of benzene rings is 2. The first-order chi connectivity index (χ1) is 10.2. The Hall–Kier alpha value is -2.55. The number of aromatic nitrogens is 1. The fourth-order valence-electron chi connectivity index (χ4n) is 2.60. The van der Waals surface area contributed by atoms with E-state index in [1.165, 1.54) is 0 Å². The standard InChI is InChI=1S/C18H17NO2/c1-3-21-14-9-10-16-15(11-14)17(18(19-16)12(2)20)13-7-5-4-6-8-13/h4-11,19H,3H2,1-2H3. The number of ether oxygens (including phenoxy) is 1. The van der Waals surface area contributed by atoms with Crippen LogP contribution >= 0.6 is 0 Å². The molecule has 1 aromatic heterocycles. The molecule has 0 aliphatic rings. The van der Waals surface area contributed by atoms with Crippen LogP contribution in [0.5, 0.6) is 5.75 Å². The van der Waals surface area contributed by atoms with Crippen LogP contribution in [0.4, 0.5) is 0 Å². The van der Waals surface area contributed by atoms with Gasteiger partial charge in [-0.3, -0.25) is 4.79 Å². The van der Waals surface area contributed by atoms with E-state index in [2.05, 4.69) is 4.98 Å². The first-order valence-corrected chi connectivity index (χ1v) is 7.05. The van der Waals surface area contributed by atoms with Gasteiger partial charge in [0.1, 0.15) is 5.75 Å². The van der Waals surface area contributed by atoms with Crippen molar-refractivity contribution in [3.8, 4) is 16.9 Å². The molecule has 0 saturated heterocycles. The molecule has 0 aliphatic heterocycles. The smallest absolute Gasteiger partial charge is 0.176 e. The highest BCUT2D eigenvalue weighted by Crippen LogP contribution is 2.34. The van der Waals surface area contributed by atoms with Gasteiger partial charge in [-0.25, -0.2) is 0 Å². The minimum atomic E-state index is 0.0306. The Balaban J connectivity index is 2.29. The van der Waals surface area contributed by atoms with Crippen LogP contribution in [0.2, 0.25) is 0 Å². The van der Waals surface area contributed by atoms with Gasteiger partial charge in [-0.1, -0.05) is 30.3 Å². The molecule has 3 rings (SSSR count). The zero-order valence-electron chi connectivity index (χ0n) is 12.1. The van der Waals surface area contributed by atoms with Crippen LogP contribution < -0.4 is 4.74 Å². The van der Waals surface area contributed by atoms with Crippen LogP contribution in [0.3, 0.4) is 0 Å². The van der Waals surface area contributed by atoms with Crippen LogP contribution in [0, 0.1) is 0 Å². The van der Waals surface area contributed by atoms with Crippen molar-refractivity contribution in [2.24, 2.45) is 0 Å². The lowest BCUT2D eigenvalue weighted by Gasteiger charge is -2.05. The summed E-state index contributed by atoms with van der Waals surface area (Å²) in [5.41, 5.74) is 3.56. The first-order valence-electron chi connectivity index (χ1n) is 7.05. The summed E-state index contributed by atoms with van der Waals surface area (Å²) in [5, 5.41) is 1.01. The highest BCUT2D eigenvalue weighted by Gasteiger charge is 2.16. The van der Waals surface area contributed by atoms with Gasteiger partial charge in [0.25, 0.3) is 0 Å². The molecule has 0 radical (unpaired) electrons. The Labute approximate surface area is 123 Å². The summed E-state index contributed by atoms with van der Waals surface area (Å²) in [5.74, 6) is 0.847. The number of fused-ring (bicyclic) bond motifs is 1. The lowest BCUT2D eigenvalue weighted by atomic mass is 10.0. The molecule has 0 unspecified atom stereocenters. The van der Waals surface area contributed by atoms with Crippen molar-refractivity contribution in [2.45, 2.75) is 13.8 Å². The minimum absolute atomic E-state index is 0.0306. The summed E-state index contributed by atoms with van der Waals surface area (Å²) in [4.78, 5) is 15.2. The molecule has 0 atom stereocenters. The Morgan fingerprint density at radius 1 is 1.14 bits per heavy atom. The molecule has 0 amide bonds. The van der Waals surface area contributed by atoms with Gasteiger partial charge in [0.2, 0.25) is 0 Å². The largest absolute Gasteiger partial charge is 0.494 e. The summed E-state index contributed by atoms with van der Waals surface area (Å²) in [6, 6.07) is 15.8. The molecule has 0 saturated carbocycles. The third-order valence-electron chi connectivity index (χ3n) is 3.50. The topological polar surface area (TPSA) is 42.1 Å². The summed E-state index contributed by atoms with van der Waals surface area (Å²) in [6.07, 6.45) is 0. The molecule has 0 aliphatic carbocycles. The van der Waals surface area contributed by atoms with Gasteiger partial charge in [0.05, 0.1) is 12.3 Å². The molecule has 3 heteroatoms. The molecule has 0 spiro atoms. The van der Waals surface area contributed by atoms with E-state index in [1.807, 2.05) is 55.5 Å². The molecule has 2 aromatic carbocycles. The molecular weight excluding hydrogens is 262 g/mol. The van der Waals surface area contributed by atoms with Gasteiger partial charge in [-0.05, 0) is 30.7 Å². The third kappa shape index (κ3) is 2.42. The van der Waals surface area contributed by atoms with E-state index >= 15 is 0 Å². The lowest BCUT2D eigenvalue weighted by molar-refractivity contribution is 0.101. The fourth-order valence-corrected chi connectivity index (χ4v) is 2.60. The van der Waals surface area contributed by atoms with E-state index in [1.54, 1.807) is 6.92 Å². The summed E-state index contributed by atoms with van der Waals surface area (Å²) >= 11 is 0. The Morgan fingerprint density at radius 2 is 1.90 bits per heavy atom. The highest BCUT2D eigenvalue weighted by atomic mass is 16.5. The molecule has 106 valence electrons. The van der Waals surface area contributed by atoms with Gasteiger partial charge >= 0.3 is 0 Å². The molecule has 0 fully saturated rings. The molecule has 21 heavy (non-hydrogen) atoms. The van der Waals surface area contributed by atoms with Crippen molar-refractivity contribution in [3.05, 3.63) is 54.2 Å². The number of hydrogen-bond donors (Lipinski definition) is 1. The van der Waals surface area contributed by atoms with Gasteiger partial charge < -0.3 is 9.72 Å². The zero-order chi connectivity index (χ0) is 14.8. The van der Waals surface area contributed by atoms with Crippen LogP contribution in [-0.2, 0) is 0 Å². The maximum Gasteiger partial charge on any atom is 0.176 e. The Kier molecular flexibility index (Phi) is 3.48. The average molecular weight is 279 g/mol. The third-order valence-corrected chi connectivity index (χ3v) is 3.50.